The van der Waals surface area contributed by atoms with Crippen LogP contribution in [0.3, 0.4) is 0 Å². The molecule has 2 saturated carbocycles. The van der Waals surface area contributed by atoms with Crippen molar-refractivity contribution in [3.05, 3.63) is 0 Å². The Morgan fingerprint density at radius 3 is 2.50 bits per heavy atom. The number of rotatable bonds is 5. The van der Waals surface area contributed by atoms with Gasteiger partial charge < -0.3 is 9.84 Å². The van der Waals surface area contributed by atoms with Crippen molar-refractivity contribution in [2.75, 3.05) is 6.61 Å². The summed E-state index contributed by atoms with van der Waals surface area (Å²) in [4.78, 5) is 10.9. The van der Waals surface area contributed by atoms with Crippen LogP contribution in [-0.4, -0.2) is 23.8 Å². The lowest BCUT2D eigenvalue weighted by Gasteiger charge is -2.13. The third-order valence-electron chi connectivity index (χ3n) is 3.54. The van der Waals surface area contributed by atoms with Gasteiger partial charge in [0.15, 0.2) is 0 Å². The van der Waals surface area contributed by atoms with Crippen LogP contribution >= 0.6 is 0 Å². The van der Waals surface area contributed by atoms with E-state index in [4.69, 9.17) is 9.84 Å². The van der Waals surface area contributed by atoms with Crippen molar-refractivity contribution >= 4 is 5.97 Å². The highest BCUT2D eigenvalue weighted by atomic mass is 16.5. The molecular weight excluding hydrogens is 180 g/mol. The smallest absolute Gasteiger partial charge is 0.309 e. The second-order valence-corrected chi connectivity index (χ2v) is 4.61. The van der Waals surface area contributed by atoms with E-state index in [2.05, 4.69) is 0 Å². The molecular formula is C11H18O3. The van der Waals surface area contributed by atoms with Gasteiger partial charge in [0, 0.05) is 6.61 Å². The van der Waals surface area contributed by atoms with Crippen molar-refractivity contribution < 1.29 is 14.6 Å². The molecule has 2 aliphatic carbocycles. The molecule has 3 nitrogen and oxygen atoms in total. The number of ether oxygens (including phenoxy) is 1. The molecule has 2 rings (SSSR count). The van der Waals surface area contributed by atoms with Gasteiger partial charge in [-0.05, 0) is 32.1 Å². The quantitative estimate of drug-likeness (QED) is 0.736. The molecule has 80 valence electrons. The Balaban J connectivity index is 1.65. The van der Waals surface area contributed by atoms with E-state index in [1.807, 2.05) is 0 Å². The van der Waals surface area contributed by atoms with Gasteiger partial charge in [0.2, 0.25) is 0 Å². The third-order valence-corrected chi connectivity index (χ3v) is 3.54. The van der Waals surface area contributed by atoms with Crippen LogP contribution in [0, 0.1) is 5.41 Å². The summed E-state index contributed by atoms with van der Waals surface area (Å²) in [7, 11) is 0. The summed E-state index contributed by atoms with van der Waals surface area (Å²) < 4.78 is 5.67. The average Bonchev–Trinajstić information content (AvgIpc) is 2.76. The summed E-state index contributed by atoms with van der Waals surface area (Å²) in [5.74, 6) is -0.632. The lowest BCUT2D eigenvalue weighted by molar-refractivity contribution is -0.144. The van der Waals surface area contributed by atoms with Crippen LogP contribution in [0.4, 0.5) is 0 Å². The summed E-state index contributed by atoms with van der Waals surface area (Å²) in [6, 6.07) is 0. The monoisotopic (exact) mass is 198 g/mol. The molecule has 0 aromatic carbocycles. The first kappa shape index (κ1) is 9.97. The lowest BCUT2D eigenvalue weighted by atomic mass is 10.0. The molecule has 0 aromatic rings. The van der Waals surface area contributed by atoms with Crippen LogP contribution in [0.15, 0.2) is 0 Å². The van der Waals surface area contributed by atoms with Crippen molar-refractivity contribution in [1.29, 1.82) is 0 Å². The molecule has 0 unspecified atom stereocenters. The Labute approximate surface area is 84.4 Å². The topological polar surface area (TPSA) is 46.5 Å². The molecule has 1 N–H and O–H groups in total. The van der Waals surface area contributed by atoms with Gasteiger partial charge in [0.25, 0.3) is 0 Å². The van der Waals surface area contributed by atoms with E-state index in [0.717, 1.165) is 12.8 Å². The fraction of sp³-hybridized carbons (Fsp3) is 0.909. The maximum absolute atomic E-state index is 10.9. The van der Waals surface area contributed by atoms with Crippen molar-refractivity contribution in [3.63, 3.8) is 0 Å². The van der Waals surface area contributed by atoms with Gasteiger partial charge in [-0.1, -0.05) is 12.8 Å². The van der Waals surface area contributed by atoms with Crippen LogP contribution in [0.1, 0.15) is 44.9 Å². The highest BCUT2D eigenvalue weighted by molar-refractivity contribution is 5.77. The minimum absolute atomic E-state index is 0.404. The summed E-state index contributed by atoms with van der Waals surface area (Å²) in [6.45, 7) is 0.636. The SMILES string of the molecule is O=C(O)C1(CCOC2CCCC2)CC1. The minimum Gasteiger partial charge on any atom is -0.481 e. The highest BCUT2D eigenvalue weighted by Gasteiger charge is 2.49. The maximum atomic E-state index is 10.9. The van der Waals surface area contributed by atoms with Gasteiger partial charge in [-0.2, -0.15) is 0 Å². The third kappa shape index (κ3) is 2.08. The van der Waals surface area contributed by atoms with Crippen molar-refractivity contribution in [3.8, 4) is 0 Å². The predicted octanol–water partition coefficient (Wildman–Crippen LogP) is 2.20. The summed E-state index contributed by atoms with van der Waals surface area (Å²) in [5, 5.41) is 8.94. The summed E-state index contributed by atoms with van der Waals surface area (Å²) >= 11 is 0. The van der Waals surface area contributed by atoms with Gasteiger partial charge in [-0.3, -0.25) is 4.79 Å². The Hall–Kier alpha value is -0.570. The second-order valence-electron chi connectivity index (χ2n) is 4.61. The Kier molecular flexibility index (Phi) is 2.77. The Morgan fingerprint density at radius 1 is 1.36 bits per heavy atom. The van der Waals surface area contributed by atoms with E-state index in [9.17, 15) is 4.79 Å². The number of hydrogen-bond donors (Lipinski definition) is 1. The first-order chi connectivity index (χ1) is 6.73. The van der Waals surface area contributed by atoms with Gasteiger partial charge in [-0.15, -0.1) is 0 Å². The molecule has 3 heteroatoms. The molecule has 2 aliphatic rings. The van der Waals surface area contributed by atoms with E-state index < -0.39 is 11.4 Å². The van der Waals surface area contributed by atoms with E-state index >= 15 is 0 Å². The average molecular weight is 198 g/mol. The van der Waals surface area contributed by atoms with Crippen LogP contribution in [0.25, 0.3) is 0 Å². The zero-order valence-corrected chi connectivity index (χ0v) is 8.50. The number of carbonyl (C=O) groups is 1. The number of aliphatic carboxylic acids is 1. The Bertz CT molecular complexity index is 215. The zero-order chi connectivity index (χ0) is 10.0. The molecule has 2 fully saturated rings. The van der Waals surface area contributed by atoms with Crippen molar-refractivity contribution in [2.24, 2.45) is 5.41 Å². The van der Waals surface area contributed by atoms with E-state index in [0.29, 0.717) is 19.1 Å². The number of hydrogen-bond acceptors (Lipinski definition) is 2. The second kappa shape index (κ2) is 3.89. The molecule has 0 aromatic heterocycles. The predicted molar refractivity (Wildman–Crippen MR) is 52.1 cm³/mol. The van der Waals surface area contributed by atoms with Crippen molar-refractivity contribution in [1.82, 2.24) is 0 Å². The first-order valence-electron chi connectivity index (χ1n) is 5.58. The number of carboxylic acid groups (broad SMARTS) is 1. The van der Waals surface area contributed by atoms with Crippen LogP contribution in [0.2, 0.25) is 0 Å². The Morgan fingerprint density at radius 2 is 2.00 bits per heavy atom. The maximum Gasteiger partial charge on any atom is 0.309 e. The highest BCUT2D eigenvalue weighted by Crippen LogP contribution is 2.49. The molecule has 14 heavy (non-hydrogen) atoms. The molecule has 0 heterocycles. The summed E-state index contributed by atoms with van der Waals surface area (Å²) in [6.07, 6.45) is 7.69. The molecule has 0 saturated heterocycles. The van der Waals surface area contributed by atoms with Gasteiger partial charge in [0.1, 0.15) is 0 Å². The molecule has 0 radical (unpaired) electrons. The lowest BCUT2D eigenvalue weighted by Crippen LogP contribution is -2.19. The van der Waals surface area contributed by atoms with Gasteiger partial charge in [0.05, 0.1) is 11.5 Å². The van der Waals surface area contributed by atoms with E-state index in [-0.39, 0.29) is 0 Å². The van der Waals surface area contributed by atoms with E-state index in [1.54, 1.807) is 0 Å². The van der Waals surface area contributed by atoms with Crippen LogP contribution in [0.5, 0.6) is 0 Å². The van der Waals surface area contributed by atoms with Crippen LogP contribution < -0.4 is 0 Å². The minimum atomic E-state index is -0.632. The molecule has 0 spiro atoms. The molecule has 0 aliphatic heterocycles. The van der Waals surface area contributed by atoms with Gasteiger partial charge in [-0.25, -0.2) is 0 Å². The number of carboxylic acids is 1. The van der Waals surface area contributed by atoms with Crippen LogP contribution in [-0.2, 0) is 9.53 Å². The normalized spacial score (nSPS) is 25.1. The van der Waals surface area contributed by atoms with E-state index in [1.165, 1.54) is 25.7 Å². The molecule has 0 amide bonds. The fourth-order valence-electron chi connectivity index (χ4n) is 2.20. The molecule has 0 bridgehead atoms. The molecule has 0 atom stereocenters. The summed E-state index contributed by atoms with van der Waals surface area (Å²) in [5.41, 5.74) is -0.404. The van der Waals surface area contributed by atoms with Crippen molar-refractivity contribution in [2.45, 2.75) is 51.0 Å². The fourth-order valence-corrected chi connectivity index (χ4v) is 2.20. The van der Waals surface area contributed by atoms with Gasteiger partial charge >= 0.3 is 5.97 Å². The largest absolute Gasteiger partial charge is 0.481 e. The standard InChI is InChI=1S/C11H18O3/c12-10(13)11(5-6-11)7-8-14-9-3-1-2-4-9/h9H,1-8H2,(H,12,13). The zero-order valence-electron chi connectivity index (χ0n) is 8.50. The first-order valence-corrected chi connectivity index (χ1v) is 5.58.